The third kappa shape index (κ3) is 3.60. The molecule has 0 atom stereocenters. The van der Waals surface area contributed by atoms with E-state index in [1.807, 2.05) is 0 Å². The van der Waals surface area contributed by atoms with Crippen LogP contribution < -0.4 is 20.1 Å². The second-order valence-electron chi connectivity index (χ2n) is 6.06. The summed E-state index contributed by atoms with van der Waals surface area (Å²) in [5.41, 5.74) is -0.0203. The molecule has 136 valence electrons. The van der Waals surface area contributed by atoms with Crippen molar-refractivity contribution in [1.82, 2.24) is 0 Å². The number of methoxy groups -OCH3 is 2. The molecule has 3 rings (SSSR count). The molecule has 0 unspecified atom stereocenters. The lowest BCUT2D eigenvalue weighted by atomic mass is 10.0. The van der Waals surface area contributed by atoms with Crippen LogP contribution in [-0.4, -0.2) is 26.0 Å². The molecule has 0 saturated heterocycles. The molecule has 0 heterocycles. The average molecular weight is 375 g/mol. The molecule has 26 heavy (non-hydrogen) atoms. The molecule has 2 aromatic carbocycles. The summed E-state index contributed by atoms with van der Waals surface area (Å²) >= 11 is 5.85. The first-order chi connectivity index (χ1) is 12.5. The number of hydrogen-bond acceptors (Lipinski definition) is 4. The van der Waals surface area contributed by atoms with E-state index >= 15 is 0 Å². The largest absolute Gasteiger partial charge is 0.497 e. The SMILES string of the molecule is COc1ccc(OC)c(NC(=O)C2(C(=O)Nc3ccc(Cl)cc3)CC2)c1. The number of halogens is 1. The molecule has 0 bridgehead atoms. The van der Waals surface area contributed by atoms with E-state index in [0.29, 0.717) is 40.7 Å². The third-order valence-electron chi connectivity index (χ3n) is 4.38. The van der Waals surface area contributed by atoms with Gasteiger partial charge >= 0.3 is 0 Å². The predicted octanol–water partition coefficient (Wildman–Crippen LogP) is 3.71. The van der Waals surface area contributed by atoms with Gasteiger partial charge in [-0.2, -0.15) is 0 Å². The van der Waals surface area contributed by atoms with Crippen molar-refractivity contribution in [3.8, 4) is 11.5 Å². The van der Waals surface area contributed by atoms with Crippen molar-refractivity contribution in [3.05, 3.63) is 47.5 Å². The molecule has 0 spiro atoms. The van der Waals surface area contributed by atoms with Crippen LogP contribution in [0.4, 0.5) is 11.4 Å². The quantitative estimate of drug-likeness (QED) is 0.755. The van der Waals surface area contributed by atoms with Crippen LogP contribution in [0.15, 0.2) is 42.5 Å². The van der Waals surface area contributed by atoms with Crippen LogP contribution in [0, 0.1) is 5.41 Å². The molecule has 2 N–H and O–H groups in total. The topological polar surface area (TPSA) is 76.7 Å². The summed E-state index contributed by atoms with van der Waals surface area (Å²) in [7, 11) is 3.05. The van der Waals surface area contributed by atoms with Gasteiger partial charge in [0, 0.05) is 16.8 Å². The van der Waals surface area contributed by atoms with Crippen LogP contribution in [-0.2, 0) is 9.59 Å². The molecular formula is C19H19ClN2O4. The minimum absolute atomic E-state index is 0.334. The van der Waals surface area contributed by atoms with Gasteiger partial charge in [0.2, 0.25) is 11.8 Å². The Morgan fingerprint density at radius 1 is 0.962 bits per heavy atom. The standard InChI is InChI=1S/C19H19ClN2O4/c1-25-14-7-8-16(26-2)15(11-14)22-18(24)19(9-10-19)17(23)21-13-5-3-12(20)4-6-13/h3-8,11H,9-10H2,1-2H3,(H,21,23)(H,22,24). The Kier molecular flexibility index (Phi) is 5.04. The van der Waals surface area contributed by atoms with Gasteiger partial charge in [-0.3, -0.25) is 9.59 Å². The number of rotatable bonds is 6. The van der Waals surface area contributed by atoms with Crippen LogP contribution in [0.3, 0.4) is 0 Å². The predicted molar refractivity (Wildman–Crippen MR) is 99.9 cm³/mol. The molecule has 2 aromatic rings. The van der Waals surface area contributed by atoms with Gasteiger partial charge < -0.3 is 20.1 Å². The first kappa shape index (κ1) is 18.1. The number of anilines is 2. The minimum atomic E-state index is -1.08. The van der Waals surface area contributed by atoms with Crippen molar-refractivity contribution in [2.24, 2.45) is 5.41 Å². The van der Waals surface area contributed by atoms with E-state index in [4.69, 9.17) is 21.1 Å². The summed E-state index contributed by atoms with van der Waals surface area (Å²) in [4.78, 5) is 25.4. The van der Waals surface area contributed by atoms with Crippen LogP contribution in [0.25, 0.3) is 0 Å². The minimum Gasteiger partial charge on any atom is -0.497 e. The number of benzene rings is 2. The highest BCUT2D eigenvalue weighted by Crippen LogP contribution is 2.48. The van der Waals surface area contributed by atoms with Crippen molar-refractivity contribution < 1.29 is 19.1 Å². The number of carbonyl (C=O) groups is 2. The summed E-state index contributed by atoms with van der Waals surface area (Å²) in [5, 5.41) is 6.14. The molecular weight excluding hydrogens is 356 g/mol. The zero-order valence-electron chi connectivity index (χ0n) is 14.5. The van der Waals surface area contributed by atoms with Crippen LogP contribution in [0.5, 0.6) is 11.5 Å². The molecule has 1 saturated carbocycles. The average Bonchev–Trinajstić information content (AvgIpc) is 3.45. The lowest BCUT2D eigenvalue weighted by molar-refractivity contribution is -0.131. The Morgan fingerprint density at radius 3 is 2.19 bits per heavy atom. The maximum atomic E-state index is 12.8. The normalized spacial score (nSPS) is 14.3. The first-order valence-electron chi connectivity index (χ1n) is 8.09. The highest BCUT2D eigenvalue weighted by Gasteiger charge is 2.56. The fourth-order valence-corrected chi connectivity index (χ4v) is 2.75. The molecule has 0 radical (unpaired) electrons. The number of ether oxygens (including phenoxy) is 2. The number of amides is 2. The Hall–Kier alpha value is -2.73. The van der Waals surface area contributed by atoms with Gasteiger partial charge in [0.15, 0.2) is 0 Å². The van der Waals surface area contributed by atoms with Crippen molar-refractivity contribution >= 4 is 34.8 Å². The smallest absolute Gasteiger partial charge is 0.240 e. The zero-order valence-corrected chi connectivity index (χ0v) is 15.2. The van der Waals surface area contributed by atoms with E-state index in [0.717, 1.165) is 0 Å². The fraction of sp³-hybridized carbons (Fsp3) is 0.263. The van der Waals surface area contributed by atoms with Crippen LogP contribution >= 0.6 is 11.6 Å². The van der Waals surface area contributed by atoms with E-state index in [-0.39, 0.29) is 11.8 Å². The Balaban J connectivity index is 1.74. The molecule has 1 fully saturated rings. The summed E-state index contributed by atoms with van der Waals surface area (Å²) < 4.78 is 10.4. The van der Waals surface area contributed by atoms with Crippen molar-refractivity contribution in [1.29, 1.82) is 0 Å². The molecule has 2 amide bonds. The lowest BCUT2D eigenvalue weighted by Gasteiger charge is -2.17. The third-order valence-corrected chi connectivity index (χ3v) is 4.63. The molecule has 1 aliphatic rings. The van der Waals surface area contributed by atoms with Gasteiger partial charge in [-0.05, 0) is 49.2 Å². The van der Waals surface area contributed by atoms with Gasteiger partial charge in [0.25, 0.3) is 0 Å². The van der Waals surface area contributed by atoms with Crippen molar-refractivity contribution in [2.45, 2.75) is 12.8 Å². The number of nitrogens with one attached hydrogen (secondary N) is 2. The highest BCUT2D eigenvalue weighted by atomic mass is 35.5. The summed E-state index contributed by atoms with van der Waals surface area (Å²) in [5.74, 6) is 0.374. The molecule has 0 aromatic heterocycles. The monoisotopic (exact) mass is 374 g/mol. The Morgan fingerprint density at radius 2 is 1.62 bits per heavy atom. The molecule has 1 aliphatic carbocycles. The van der Waals surface area contributed by atoms with E-state index in [2.05, 4.69) is 10.6 Å². The Labute approximate surface area is 156 Å². The summed E-state index contributed by atoms with van der Waals surface area (Å²) in [6, 6.07) is 11.8. The van der Waals surface area contributed by atoms with E-state index in [1.54, 1.807) is 42.5 Å². The fourth-order valence-electron chi connectivity index (χ4n) is 2.62. The zero-order chi connectivity index (χ0) is 18.7. The van der Waals surface area contributed by atoms with Gasteiger partial charge in [-0.1, -0.05) is 11.6 Å². The van der Waals surface area contributed by atoms with Crippen molar-refractivity contribution in [3.63, 3.8) is 0 Å². The maximum Gasteiger partial charge on any atom is 0.240 e. The highest BCUT2D eigenvalue weighted by molar-refractivity contribution is 6.30. The van der Waals surface area contributed by atoms with Gasteiger partial charge in [0.1, 0.15) is 16.9 Å². The second kappa shape index (κ2) is 7.25. The van der Waals surface area contributed by atoms with E-state index < -0.39 is 5.41 Å². The van der Waals surface area contributed by atoms with Gasteiger partial charge in [-0.15, -0.1) is 0 Å². The first-order valence-corrected chi connectivity index (χ1v) is 8.47. The van der Waals surface area contributed by atoms with Gasteiger partial charge in [-0.25, -0.2) is 0 Å². The van der Waals surface area contributed by atoms with Gasteiger partial charge in [0.05, 0.1) is 19.9 Å². The molecule has 0 aliphatic heterocycles. The second-order valence-corrected chi connectivity index (χ2v) is 6.50. The lowest BCUT2D eigenvalue weighted by Crippen LogP contribution is -2.35. The van der Waals surface area contributed by atoms with E-state index in [1.165, 1.54) is 14.2 Å². The summed E-state index contributed by atoms with van der Waals surface area (Å²) in [6.07, 6.45) is 0.981. The number of hydrogen-bond donors (Lipinski definition) is 2. The number of carbonyl (C=O) groups excluding carboxylic acids is 2. The van der Waals surface area contributed by atoms with Crippen LogP contribution in [0.1, 0.15) is 12.8 Å². The summed E-state index contributed by atoms with van der Waals surface area (Å²) in [6.45, 7) is 0. The molecule has 6 nitrogen and oxygen atoms in total. The van der Waals surface area contributed by atoms with E-state index in [9.17, 15) is 9.59 Å². The Bertz CT molecular complexity index is 832. The maximum absolute atomic E-state index is 12.8. The molecule has 7 heteroatoms. The van der Waals surface area contributed by atoms with Crippen LogP contribution in [0.2, 0.25) is 5.02 Å². The van der Waals surface area contributed by atoms with Crippen molar-refractivity contribution in [2.75, 3.05) is 24.9 Å².